The maximum atomic E-state index is 12.1. The van der Waals surface area contributed by atoms with Crippen LogP contribution in [0.4, 0.5) is 0 Å². The van der Waals surface area contributed by atoms with Crippen LogP contribution < -0.4 is 10.1 Å². The summed E-state index contributed by atoms with van der Waals surface area (Å²) in [7, 11) is 0. The number of carbonyl (C=O) groups excluding carboxylic acids is 1. The van der Waals surface area contributed by atoms with Crippen LogP contribution in [0.3, 0.4) is 0 Å². The smallest absolute Gasteiger partial charge is 0.341 e. The largest absolute Gasteiger partial charge is 0.482 e. The summed E-state index contributed by atoms with van der Waals surface area (Å²) >= 11 is 0. The van der Waals surface area contributed by atoms with Gasteiger partial charge in [0, 0.05) is 11.6 Å². The zero-order chi connectivity index (χ0) is 14.4. The van der Waals surface area contributed by atoms with Crippen molar-refractivity contribution in [3.8, 4) is 5.75 Å². The topological polar surface area (TPSA) is 75.6 Å². The molecular formula is C15H19NO4. The number of benzene rings is 1. The van der Waals surface area contributed by atoms with E-state index in [1.807, 2.05) is 0 Å². The van der Waals surface area contributed by atoms with E-state index in [0.717, 1.165) is 25.7 Å². The average Bonchev–Trinajstić information content (AvgIpc) is 2.46. The first-order valence-corrected chi connectivity index (χ1v) is 6.90. The van der Waals surface area contributed by atoms with Crippen LogP contribution in [0.15, 0.2) is 24.3 Å². The minimum absolute atomic E-state index is 0.127. The Hall–Kier alpha value is -2.04. The summed E-state index contributed by atoms with van der Waals surface area (Å²) in [6.07, 6.45) is 5.62. The van der Waals surface area contributed by atoms with E-state index < -0.39 is 12.6 Å². The summed E-state index contributed by atoms with van der Waals surface area (Å²) in [6, 6.07) is 6.85. The Labute approximate surface area is 117 Å². The van der Waals surface area contributed by atoms with Gasteiger partial charge >= 0.3 is 5.97 Å². The van der Waals surface area contributed by atoms with Gasteiger partial charge < -0.3 is 15.2 Å². The van der Waals surface area contributed by atoms with Gasteiger partial charge in [-0.2, -0.15) is 0 Å². The molecule has 0 heterocycles. The van der Waals surface area contributed by atoms with Crippen LogP contribution in [0.25, 0.3) is 0 Å². The highest BCUT2D eigenvalue weighted by molar-refractivity contribution is 5.94. The highest BCUT2D eigenvalue weighted by atomic mass is 16.5. The number of hydrogen-bond acceptors (Lipinski definition) is 3. The summed E-state index contributed by atoms with van der Waals surface area (Å²) in [4.78, 5) is 22.6. The van der Waals surface area contributed by atoms with Gasteiger partial charge in [0.2, 0.25) is 0 Å². The maximum Gasteiger partial charge on any atom is 0.341 e. The molecule has 0 spiro atoms. The molecule has 0 bridgehead atoms. The van der Waals surface area contributed by atoms with Crippen LogP contribution >= 0.6 is 0 Å². The first kappa shape index (κ1) is 14.4. The molecule has 1 aromatic rings. The van der Waals surface area contributed by atoms with Gasteiger partial charge in [0.05, 0.1) is 0 Å². The fraction of sp³-hybridized carbons (Fsp3) is 0.467. The zero-order valence-corrected chi connectivity index (χ0v) is 11.3. The van der Waals surface area contributed by atoms with Crippen molar-refractivity contribution in [1.29, 1.82) is 0 Å². The van der Waals surface area contributed by atoms with Gasteiger partial charge in [0.15, 0.2) is 6.61 Å². The first-order valence-electron chi connectivity index (χ1n) is 6.90. The molecule has 0 aromatic heterocycles. The molecular weight excluding hydrogens is 258 g/mol. The van der Waals surface area contributed by atoms with Crippen molar-refractivity contribution in [2.75, 3.05) is 6.61 Å². The van der Waals surface area contributed by atoms with Crippen molar-refractivity contribution in [1.82, 2.24) is 5.32 Å². The van der Waals surface area contributed by atoms with Gasteiger partial charge in [-0.15, -0.1) is 0 Å². The van der Waals surface area contributed by atoms with Crippen LogP contribution in [0.5, 0.6) is 5.75 Å². The number of ether oxygens (including phenoxy) is 1. The first-order chi connectivity index (χ1) is 9.65. The molecule has 1 saturated carbocycles. The molecule has 1 aromatic carbocycles. The third-order valence-electron chi connectivity index (χ3n) is 3.40. The zero-order valence-electron chi connectivity index (χ0n) is 11.3. The van der Waals surface area contributed by atoms with Crippen LogP contribution in [0.2, 0.25) is 0 Å². The molecule has 1 aliphatic rings. The minimum Gasteiger partial charge on any atom is -0.482 e. The Morgan fingerprint density at radius 1 is 1.25 bits per heavy atom. The third-order valence-corrected chi connectivity index (χ3v) is 3.40. The summed E-state index contributed by atoms with van der Waals surface area (Å²) in [5.41, 5.74) is 0.499. The Bertz CT molecular complexity index is 481. The Balaban J connectivity index is 1.94. The molecule has 2 N–H and O–H groups in total. The second-order valence-electron chi connectivity index (χ2n) is 5.02. The van der Waals surface area contributed by atoms with E-state index >= 15 is 0 Å². The van der Waals surface area contributed by atoms with Gasteiger partial charge in [0.25, 0.3) is 5.91 Å². The Morgan fingerprint density at radius 2 is 2.00 bits per heavy atom. The molecule has 1 fully saturated rings. The van der Waals surface area contributed by atoms with E-state index in [1.54, 1.807) is 24.3 Å². The monoisotopic (exact) mass is 277 g/mol. The molecule has 0 saturated heterocycles. The average molecular weight is 277 g/mol. The van der Waals surface area contributed by atoms with Crippen LogP contribution in [0.1, 0.15) is 42.5 Å². The lowest BCUT2D eigenvalue weighted by atomic mass is 9.95. The summed E-state index contributed by atoms with van der Waals surface area (Å²) in [6.45, 7) is -0.409. The van der Waals surface area contributed by atoms with E-state index in [9.17, 15) is 9.59 Å². The molecule has 1 amide bonds. The van der Waals surface area contributed by atoms with E-state index in [4.69, 9.17) is 9.84 Å². The van der Waals surface area contributed by atoms with Crippen LogP contribution in [-0.4, -0.2) is 29.6 Å². The quantitative estimate of drug-likeness (QED) is 0.865. The highest BCUT2D eigenvalue weighted by Gasteiger charge is 2.16. The molecule has 0 unspecified atom stereocenters. The summed E-state index contributed by atoms with van der Waals surface area (Å²) in [5.74, 6) is -0.775. The minimum atomic E-state index is -1.04. The predicted molar refractivity (Wildman–Crippen MR) is 73.9 cm³/mol. The Kier molecular flexibility index (Phi) is 4.98. The number of rotatable bonds is 5. The number of aliphatic carboxylic acids is 1. The normalized spacial score (nSPS) is 15.6. The molecule has 0 atom stereocenters. The highest BCUT2D eigenvalue weighted by Crippen LogP contribution is 2.19. The number of carboxylic acids is 1. The van der Waals surface area contributed by atoms with E-state index in [1.165, 1.54) is 6.42 Å². The molecule has 108 valence electrons. The van der Waals surface area contributed by atoms with Crippen molar-refractivity contribution < 1.29 is 19.4 Å². The van der Waals surface area contributed by atoms with Gasteiger partial charge in [-0.1, -0.05) is 25.3 Å². The maximum absolute atomic E-state index is 12.1. The van der Waals surface area contributed by atoms with Gasteiger partial charge in [-0.3, -0.25) is 4.79 Å². The van der Waals surface area contributed by atoms with Gasteiger partial charge in [0.1, 0.15) is 5.75 Å². The fourth-order valence-electron chi connectivity index (χ4n) is 2.39. The standard InChI is InChI=1S/C15H19NO4/c17-14(18)10-20-13-8-4-5-11(9-13)15(19)16-12-6-2-1-3-7-12/h4-5,8-9,12H,1-3,6-7,10H2,(H,16,19)(H,17,18). The van der Waals surface area contributed by atoms with E-state index in [0.29, 0.717) is 11.3 Å². The number of amides is 1. The summed E-state index contributed by atoms with van der Waals surface area (Å²) in [5, 5.41) is 11.6. The number of carboxylic acid groups (broad SMARTS) is 1. The lowest BCUT2D eigenvalue weighted by molar-refractivity contribution is -0.139. The number of carbonyl (C=O) groups is 2. The third kappa shape index (κ3) is 4.26. The molecule has 0 aliphatic heterocycles. The van der Waals surface area contributed by atoms with Gasteiger partial charge in [-0.25, -0.2) is 4.79 Å². The SMILES string of the molecule is O=C(O)COc1cccc(C(=O)NC2CCCCC2)c1. The van der Waals surface area contributed by atoms with Crippen molar-refractivity contribution in [3.05, 3.63) is 29.8 Å². The second kappa shape index (κ2) is 6.93. The molecule has 0 radical (unpaired) electrons. The molecule has 1 aliphatic carbocycles. The van der Waals surface area contributed by atoms with Gasteiger partial charge in [-0.05, 0) is 31.0 Å². The lowest BCUT2D eigenvalue weighted by Gasteiger charge is -2.22. The molecule has 2 rings (SSSR count). The summed E-state index contributed by atoms with van der Waals surface area (Å²) < 4.78 is 5.07. The number of hydrogen-bond donors (Lipinski definition) is 2. The van der Waals surface area contributed by atoms with Crippen LogP contribution in [-0.2, 0) is 4.79 Å². The van der Waals surface area contributed by atoms with Crippen molar-refractivity contribution >= 4 is 11.9 Å². The lowest BCUT2D eigenvalue weighted by Crippen LogP contribution is -2.36. The Morgan fingerprint density at radius 3 is 2.70 bits per heavy atom. The van der Waals surface area contributed by atoms with Crippen molar-refractivity contribution in [2.24, 2.45) is 0 Å². The molecule has 20 heavy (non-hydrogen) atoms. The molecule has 5 nitrogen and oxygen atoms in total. The van der Waals surface area contributed by atoms with E-state index in [2.05, 4.69) is 5.32 Å². The fourth-order valence-corrected chi connectivity index (χ4v) is 2.39. The van der Waals surface area contributed by atoms with Crippen molar-refractivity contribution in [3.63, 3.8) is 0 Å². The predicted octanol–water partition coefficient (Wildman–Crippen LogP) is 2.21. The molecule has 5 heteroatoms. The van der Waals surface area contributed by atoms with Crippen LogP contribution in [0, 0.1) is 0 Å². The van der Waals surface area contributed by atoms with Crippen molar-refractivity contribution in [2.45, 2.75) is 38.1 Å². The number of nitrogens with one attached hydrogen (secondary N) is 1. The van der Waals surface area contributed by atoms with E-state index in [-0.39, 0.29) is 11.9 Å². The second-order valence-corrected chi connectivity index (χ2v) is 5.02.